The number of nitrogens with zero attached hydrogens (tertiary/aromatic N) is 3. The highest BCUT2D eigenvalue weighted by Gasteiger charge is 2.12. The molecule has 0 radical (unpaired) electrons. The predicted octanol–water partition coefficient (Wildman–Crippen LogP) is 1.23. The van der Waals surface area contributed by atoms with Crippen LogP contribution in [0.25, 0.3) is 0 Å². The first-order valence-corrected chi connectivity index (χ1v) is 5.54. The molecule has 2 N–H and O–H groups in total. The molecule has 2 heterocycles. The van der Waals surface area contributed by atoms with Gasteiger partial charge in [0, 0.05) is 19.4 Å². The van der Waals surface area contributed by atoms with Crippen molar-refractivity contribution in [1.82, 2.24) is 9.55 Å². The van der Waals surface area contributed by atoms with Crippen LogP contribution in [0.4, 0.5) is 5.69 Å². The molecule has 0 atom stereocenters. The number of aromatic nitrogens is 2. The van der Waals surface area contributed by atoms with E-state index in [1.54, 1.807) is 36.0 Å². The molecule has 0 bridgehead atoms. The number of hydrogen-bond acceptors (Lipinski definition) is 5. The van der Waals surface area contributed by atoms with Gasteiger partial charge in [0.05, 0.1) is 5.69 Å². The van der Waals surface area contributed by atoms with Crippen molar-refractivity contribution in [3.63, 3.8) is 0 Å². The number of anilines is 1. The molecule has 0 aliphatic heterocycles. The minimum absolute atomic E-state index is 0.0844. The van der Waals surface area contributed by atoms with Gasteiger partial charge >= 0.3 is 5.97 Å². The average Bonchev–Trinajstić information content (AvgIpc) is 2.75. The molecule has 0 aliphatic carbocycles. The Hall–Kier alpha value is -2.81. The van der Waals surface area contributed by atoms with Gasteiger partial charge in [-0.25, -0.2) is 9.78 Å². The normalized spacial score (nSPS) is 9.89. The van der Waals surface area contributed by atoms with Gasteiger partial charge in [-0.2, -0.15) is 5.26 Å². The zero-order valence-electron chi connectivity index (χ0n) is 10.3. The molecule has 0 fully saturated rings. The zero-order valence-corrected chi connectivity index (χ0v) is 10.3. The fourth-order valence-electron chi connectivity index (χ4n) is 1.64. The summed E-state index contributed by atoms with van der Waals surface area (Å²) in [5.74, 6) is -0.463. The maximum absolute atomic E-state index is 11.8. The number of esters is 1. The van der Waals surface area contributed by atoms with Crippen LogP contribution in [0.5, 0.6) is 0 Å². The van der Waals surface area contributed by atoms with Crippen LogP contribution in [0, 0.1) is 11.3 Å². The van der Waals surface area contributed by atoms with E-state index >= 15 is 0 Å². The summed E-state index contributed by atoms with van der Waals surface area (Å²) in [6.07, 6.45) is 3.14. The van der Waals surface area contributed by atoms with Crippen molar-refractivity contribution in [1.29, 1.82) is 5.26 Å². The van der Waals surface area contributed by atoms with Gasteiger partial charge in [0.1, 0.15) is 24.1 Å². The largest absolute Gasteiger partial charge is 0.456 e. The van der Waals surface area contributed by atoms with Crippen molar-refractivity contribution in [2.24, 2.45) is 7.05 Å². The number of nitriles is 1. The summed E-state index contributed by atoms with van der Waals surface area (Å²) in [7, 11) is 1.72. The smallest absolute Gasteiger partial charge is 0.355 e. The molecular weight excluding hydrogens is 244 g/mol. The lowest BCUT2D eigenvalue weighted by Crippen LogP contribution is -2.09. The summed E-state index contributed by atoms with van der Waals surface area (Å²) in [4.78, 5) is 15.7. The Balaban J connectivity index is 2.04. The highest BCUT2D eigenvalue weighted by molar-refractivity contribution is 5.89. The van der Waals surface area contributed by atoms with E-state index in [1.807, 2.05) is 6.07 Å². The maximum atomic E-state index is 11.8. The Morgan fingerprint density at radius 3 is 3.00 bits per heavy atom. The third-order valence-electron chi connectivity index (χ3n) is 2.54. The fourth-order valence-corrected chi connectivity index (χ4v) is 1.64. The number of carbonyl (C=O) groups is 1. The van der Waals surface area contributed by atoms with E-state index in [4.69, 9.17) is 15.7 Å². The molecule has 2 aromatic heterocycles. The third kappa shape index (κ3) is 2.90. The summed E-state index contributed by atoms with van der Waals surface area (Å²) in [5.41, 5.74) is 7.47. The second-order valence-corrected chi connectivity index (χ2v) is 4.01. The van der Waals surface area contributed by atoms with E-state index in [1.165, 1.54) is 6.20 Å². The van der Waals surface area contributed by atoms with E-state index in [0.29, 0.717) is 16.9 Å². The van der Waals surface area contributed by atoms with Crippen LogP contribution in [0.15, 0.2) is 30.6 Å². The quantitative estimate of drug-likeness (QED) is 0.833. The minimum atomic E-state index is -0.463. The molecule has 2 aromatic rings. The van der Waals surface area contributed by atoms with Crippen LogP contribution in [0.1, 0.15) is 21.7 Å². The number of aryl methyl sites for hydroxylation is 1. The van der Waals surface area contributed by atoms with Gasteiger partial charge in [-0.05, 0) is 23.8 Å². The molecule has 96 valence electrons. The highest BCUT2D eigenvalue weighted by atomic mass is 16.5. The van der Waals surface area contributed by atoms with E-state index in [2.05, 4.69) is 4.98 Å². The predicted molar refractivity (Wildman–Crippen MR) is 67.9 cm³/mol. The van der Waals surface area contributed by atoms with E-state index < -0.39 is 5.97 Å². The summed E-state index contributed by atoms with van der Waals surface area (Å²) < 4.78 is 6.76. The van der Waals surface area contributed by atoms with E-state index in [0.717, 1.165) is 0 Å². The second-order valence-electron chi connectivity index (χ2n) is 4.01. The molecule has 0 aliphatic rings. The highest BCUT2D eigenvalue weighted by Crippen LogP contribution is 2.11. The Kier molecular flexibility index (Phi) is 3.48. The monoisotopic (exact) mass is 256 g/mol. The van der Waals surface area contributed by atoms with Gasteiger partial charge in [-0.15, -0.1) is 0 Å². The Morgan fingerprint density at radius 2 is 2.37 bits per heavy atom. The number of rotatable bonds is 3. The molecule has 0 unspecified atom stereocenters. The van der Waals surface area contributed by atoms with Crippen molar-refractivity contribution in [2.75, 3.05) is 5.73 Å². The van der Waals surface area contributed by atoms with Crippen LogP contribution >= 0.6 is 0 Å². The lowest BCUT2D eigenvalue weighted by molar-refractivity contribution is 0.0461. The first-order valence-electron chi connectivity index (χ1n) is 5.54. The molecule has 0 spiro atoms. The molecule has 2 rings (SSSR count). The summed E-state index contributed by atoms with van der Waals surface area (Å²) in [6.45, 7) is 0.0844. The van der Waals surface area contributed by atoms with E-state index in [-0.39, 0.29) is 12.3 Å². The summed E-state index contributed by atoms with van der Waals surface area (Å²) >= 11 is 0. The zero-order chi connectivity index (χ0) is 13.8. The Bertz CT molecular complexity index is 655. The number of hydrogen-bond donors (Lipinski definition) is 1. The van der Waals surface area contributed by atoms with Crippen LogP contribution in [0.2, 0.25) is 0 Å². The van der Waals surface area contributed by atoms with Gasteiger partial charge in [0.2, 0.25) is 0 Å². The van der Waals surface area contributed by atoms with Crippen LogP contribution < -0.4 is 5.73 Å². The van der Waals surface area contributed by atoms with Gasteiger partial charge < -0.3 is 15.0 Å². The van der Waals surface area contributed by atoms with Crippen LogP contribution in [-0.2, 0) is 18.4 Å². The summed E-state index contributed by atoms with van der Waals surface area (Å²) in [6, 6.07) is 6.74. The van der Waals surface area contributed by atoms with Gasteiger partial charge in [-0.1, -0.05) is 0 Å². The standard InChI is InChI=1S/C13H12N4O2/c1-17-7-10(15)5-12(17)13(18)19-8-9-2-3-16-11(4-9)6-14/h2-5,7H,8,15H2,1H3. The lowest BCUT2D eigenvalue weighted by Gasteiger charge is -2.05. The molecule has 6 heteroatoms. The van der Waals surface area contributed by atoms with Crippen LogP contribution in [0.3, 0.4) is 0 Å². The minimum Gasteiger partial charge on any atom is -0.456 e. The molecule has 0 amide bonds. The van der Waals surface area contributed by atoms with Crippen molar-refractivity contribution < 1.29 is 9.53 Å². The van der Waals surface area contributed by atoms with Crippen molar-refractivity contribution in [3.8, 4) is 6.07 Å². The Morgan fingerprint density at radius 1 is 1.58 bits per heavy atom. The number of nitrogens with two attached hydrogens (primary N) is 1. The van der Waals surface area contributed by atoms with Crippen LogP contribution in [-0.4, -0.2) is 15.5 Å². The maximum Gasteiger partial charge on any atom is 0.355 e. The molecule has 6 nitrogen and oxygen atoms in total. The molecule has 19 heavy (non-hydrogen) atoms. The lowest BCUT2D eigenvalue weighted by atomic mass is 10.2. The van der Waals surface area contributed by atoms with Gasteiger partial charge in [0.25, 0.3) is 0 Å². The molecular formula is C13H12N4O2. The topological polar surface area (TPSA) is 93.9 Å². The second kappa shape index (κ2) is 5.23. The van der Waals surface area contributed by atoms with E-state index in [9.17, 15) is 4.79 Å². The first kappa shape index (κ1) is 12.6. The molecule has 0 saturated heterocycles. The average molecular weight is 256 g/mol. The number of ether oxygens (including phenoxy) is 1. The molecule has 0 saturated carbocycles. The number of carbonyl (C=O) groups excluding carboxylic acids is 1. The molecule has 0 aromatic carbocycles. The number of nitrogen functional groups attached to an aromatic ring is 1. The first-order chi connectivity index (χ1) is 9.10. The van der Waals surface area contributed by atoms with Crippen molar-refractivity contribution in [2.45, 2.75) is 6.61 Å². The van der Waals surface area contributed by atoms with Crippen molar-refractivity contribution in [3.05, 3.63) is 47.5 Å². The number of pyridine rings is 1. The fraction of sp³-hybridized carbons (Fsp3) is 0.154. The van der Waals surface area contributed by atoms with Gasteiger partial charge in [-0.3, -0.25) is 0 Å². The van der Waals surface area contributed by atoms with Gasteiger partial charge in [0.15, 0.2) is 0 Å². The third-order valence-corrected chi connectivity index (χ3v) is 2.54. The van der Waals surface area contributed by atoms with Crippen molar-refractivity contribution >= 4 is 11.7 Å². The summed E-state index contributed by atoms with van der Waals surface area (Å²) in [5, 5.41) is 8.72. The SMILES string of the molecule is Cn1cc(N)cc1C(=O)OCc1ccnc(C#N)c1. The Labute approximate surface area is 110 Å².